The van der Waals surface area contributed by atoms with Crippen LogP contribution in [0.4, 0.5) is 11.4 Å². The van der Waals surface area contributed by atoms with Gasteiger partial charge in [0.05, 0.1) is 16.9 Å². The predicted octanol–water partition coefficient (Wildman–Crippen LogP) is 1.23. The number of aliphatic hydroxyl groups excluding tert-OH is 1. The van der Waals surface area contributed by atoms with Crippen molar-refractivity contribution >= 4 is 22.4 Å². The number of benzene rings is 1. The van der Waals surface area contributed by atoms with E-state index in [1.165, 1.54) is 0 Å². The zero-order chi connectivity index (χ0) is 17.6. The smallest absolute Gasteiger partial charge is 0.254 e. The van der Waals surface area contributed by atoms with Gasteiger partial charge in [-0.2, -0.15) is 0 Å². The molecule has 7 heteroatoms. The Morgan fingerprint density at radius 2 is 1.75 bits per heavy atom. The molecule has 24 heavy (non-hydrogen) atoms. The van der Waals surface area contributed by atoms with Crippen LogP contribution in [0.5, 0.6) is 0 Å². The molecule has 3 N–H and O–H groups in total. The van der Waals surface area contributed by atoms with E-state index in [0.29, 0.717) is 6.42 Å². The number of rotatable bonds is 4. The lowest BCUT2D eigenvalue weighted by Crippen LogP contribution is -2.41. The quantitative estimate of drug-likeness (QED) is 0.722. The second-order valence-corrected chi connectivity index (χ2v) is 8.95. The molecule has 0 fully saturated rings. The lowest BCUT2D eigenvalue weighted by atomic mass is 10.1. The highest BCUT2D eigenvalue weighted by atomic mass is 32.2. The Morgan fingerprint density at radius 3 is 2.42 bits per heavy atom. The predicted molar refractivity (Wildman–Crippen MR) is 95.4 cm³/mol. The van der Waals surface area contributed by atoms with E-state index in [2.05, 4.69) is 10.0 Å². The van der Waals surface area contributed by atoms with Crippen LogP contribution in [0.2, 0.25) is 0 Å². The first-order valence-corrected chi connectivity index (χ1v) is 8.89. The SMILES string of the molecule is CC(C)(C)S(=O)Nc1c(NC2c3ccccc3CC2O)c(=O)c1=O. The highest BCUT2D eigenvalue weighted by Gasteiger charge is 2.34. The van der Waals surface area contributed by atoms with Crippen molar-refractivity contribution in [1.82, 2.24) is 0 Å². The number of nitrogens with one attached hydrogen (secondary N) is 2. The van der Waals surface area contributed by atoms with Crippen LogP contribution >= 0.6 is 0 Å². The van der Waals surface area contributed by atoms with Crippen molar-refractivity contribution < 1.29 is 9.32 Å². The largest absolute Gasteiger partial charge is 0.390 e. The summed E-state index contributed by atoms with van der Waals surface area (Å²) < 4.78 is 14.3. The van der Waals surface area contributed by atoms with E-state index in [-0.39, 0.29) is 11.4 Å². The van der Waals surface area contributed by atoms with Gasteiger partial charge in [0.15, 0.2) is 0 Å². The summed E-state index contributed by atoms with van der Waals surface area (Å²) in [6, 6.07) is 7.10. The van der Waals surface area contributed by atoms with Crippen molar-refractivity contribution in [3.63, 3.8) is 0 Å². The normalized spacial score (nSPS) is 21.5. The number of fused-ring (bicyclic) bond motifs is 1. The van der Waals surface area contributed by atoms with Gasteiger partial charge in [0.1, 0.15) is 22.4 Å². The summed E-state index contributed by atoms with van der Waals surface area (Å²) in [5, 5.41) is 13.2. The molecule has 128 valence electrons. The van der Waals surface area contributed by atoms with Gasteiger partial charge in [-0.25, -0.2) is 4.21 Å². The zero-order valence-electron chi connectivity index (χ0n) is 13.8. The minimum absolute atomic E-state index is 0.0323. The highest BCUT2D eigenvalue weighted by molar-refractivity contribution is 7.87. The van der Waals surface area contributed by atoms with Crippen LogP contribution in [0, 0.1) is 0 Å². The van der Waals surface area contributed by atoms with Crippen molar-refractivity contribution in [2.24, 2.45) is 0 Å². The molecule has 0 aliphatic heterocycles. The summed E-state index contributed by atoms with van der Waals surface area (Å²) in [5.74, 6) is 0. The fourth-order valence-corrected chi connectivity index (χ4v) is 3.46. The molecule has 6 nitrogen and oxygen atoms in total. The van der Waals surface area contributed by atoms with Gasteiger partial charge in [0.25, 0.3) is 10.9 Å². The first kappa shape index (κ1) is 16.9. The molecule has 3 unspecified atom stereocenters. The zero-order valence-corrected chi connectivity index (χ0v) is 14.6. The molecule has 0 radical (unpaired) electrons. The maximum atomic E-state index is 12.2. The van der Waals surface area contributed by atoms with Crippen LogP contribution in [-0.4, -0.2) is 20.2 Å². The monoisotopic (exact) mass is 348 g/mol. The number of hydrogen-bond donors (Lipinski definition) is 3. The van der Waals surface area contributed by atoms with Crippen LogP contribution < -0.4 is 20.9 Å². The Kier molecular flexibility index (Phi) is 4.09. The molecule has 2 aromatic carbocycles. The molecule has 1 aliphatic carbocycles. The van der Waals surface area contributed by atoms with Crippen LogP contribution in [0.15, 0.2) is 33.9 Å². The van der Waals surface area contributed by atoms with Gasteiger partial charge in [-0.15, -0.1) is 0 Å². The molecule has 3 rings (SSSR count). The van der Waals surface area contributed by atoms with E-state index in [1.54, 1.807) is 20.8 Å². The van der Waals surface area contributed by atoms with Gasteiger partial charge in [-0.1, -0.05) is 24.3 Å². The number of hydrogen-bond acceptors (Lipinski definition) is 5. The minimum Gasteiger partial charge on any atom is -0.390 e. The number of anilines is 2. The van der Waals surface area contributed by atoms with Crippen molar-refractivity contribution in [2.45, 2.75) is 44.1 Å². The molecule has 3 atom stereocenters. The second kappa shape index (κ2) is 5.82. The van der Waals surface area contributed by atoms with E-state index >= 15 is 0 Å². The van der Waals surface area contributed by atoms with Crippen molar-refractivity contribution in [2.75, 3.05) is 10.0 Å². The first-order valence-electron chi connectivity index (χ1n) is 7.74. The average Bonchev–Trinajstić information content (AvgIpc) is 2.84. The Bertz CT molecular complexity index is 878. The molecule has 1 aliphatic rings. The standard InChI is InChI=1S/C17H20N2O4S/c1-17(2,3)24(23)19-14-13(15(21)16(14)22)18-12-10-7-5-4-6-9(10)8-11(12)20/h4-7,11-12,18-20H,8H2,1-3H3. The fourth-order valence-electron chi connectivity index (χ4n) is 2.78. The maximum absolute atomic E-state index is 12.2. The summed E-state index contributed by atoms with van der Waals surface area (Å²) >= 11 is 0. The molecular weight excluding hydrogens is 328 g/mol. The van der Waals surface area contributed by atoms with E-state index < -0.39 is 38.7 Å². The molecule has 0 saturated carbocycles. The first-order chi connectivity index (χ1) is 11.2. The molecule has 0 saturated heterocycles. The molecule has 2 aromatic rings. The van der Waals surface area contributed by atoms with Gasteiger partial charge in [0.2, 0.25) is 0 Å². The minimum atomic E-state index is -1.51. The lowest BCUT2D eigenvalue weighted by Gasteiger charge is -2.24. The van der Waals surface area contributed by atoms with Crippen molar-refractivity contribution in [3.8, 4) is 0 Å². The van der Waals surface area contributed by atoms with Gasteiger partial charge >= 0.3 is 0 Å². The van der Waals surface area contributed by atoms with E-state index in [0.717, 1.165) is 11.1 Å². The molecule has 0 heterocycles. The van der Waals surface area contributed by atoms with Crippen LogP contribution in [0.1, 0.15) is 37.9 Å². The Labute approximate surface area is 142 Å². The summed E-state index contributed by atoms with van der Waals surface area (Å²) in [4.78, 5) is 23.7. The Morgan fingerprint density at radius 1 is 1.12 bits per heavy atom. The van der Waals surface area contributed by atoms with Crippen LogP contribution in [0.25, 0.3) is 0 Å². The fraction of sp³-hybridized carbons (Fsp3) is 0.412. The topological polar surface area (TPSA) is 95.5 Å². The Balaban J connectivity index is 1.87. The summed E-state index contributed by atoms with van der Waals surface area (Å²) in [5.41, 5.74) is 0.703. The van der Waals surface area contributed by atoms with Crippen molar-refractivity contribution in [1.29, 1.82) is 0 Å². The molecular formula is C17H20N2O4S. The lowest BCUT2D eigenvalue weighted by molar-refractivity contribution is 0.166. The third kappa shape index (κ3) is 2.78. The third-order valence-corrected chi connectivity index (χ3v) is 5.67. The van der Waals surface area contributed by atoms with Gasteiger partial charge in [-0.05, 0) is 31.9 Å². The number of aliphatic hydroxyl groups is 1. The van der Waals surface area contributed by atoms with Crippen LogP contribution in [-0.2, 0) is 17.4 Å². The Hall–Kier alpha value is -1.99. The van der Waals surface area contributed by atoms with E-state index in [9.17, 15) is 18.9 Å². The molecule has 0 bridgehead atoms. The van der Waals surface area contributed by atoms with Gasteiger partial charge in [-0.3, -0.25) is 14.3 Å². The van der Waals surface area contributed by atoms with Crippen LogP contribution in [0.3, 0.4) is 0 Å². The molecule has 0 aromatic heterocycles. The summed E-state index contributed by atoms with van der Waals surface area (Å²) in [6.07, 6.45) is -0.201. The molecule has 0 spiro atoms. The van der Waals surface area contributed by atoms with Crippen molar-refractivity contribution in [3.05, 3.63) is 55.8 Å². The third-order valence-electron chi connectivity index (χ3n) is 4.17. The highest BCUT2D eigenvalue weighted by Crippen LogP contribution is 2.35. The maximum Gasteiger partial charge on any atom is 0.254 e. The van der Waals surface area contributed by atoms with E-state index in [1.807, 2.05) is 24.3 Å². The second-order valence-electron chi connectivity index (χ2n) is 6.98. The summed E-state index contributed by atoms with van der Waals surface area (Å²) in [7, 11) is -1.51. The molecule has 0 amide bonds. The van der Waals surface area contributed by atoms with Gasteiger partial charge < -0.3 is 10.4 Å². The van der Waals surface area contributed by atoms with Gasteiger partial charge in [0, 0.05) is 6.42 Å². The summed E-state index contributed by atoms with van der Waals surface area (Å²) in [6.45, 7) is 5.31. The average molecular weight is 348 g/mol. The van der Waals surface area contributed by atoms with E-state index in [4.69, 9.17) is 0 Å².